The van der Waals surface area contributed by atoms with Crippen LogP contribution >= 0.6 is 11.6 Å². The number of carboxylic acids is 1. The van der Waals surface area contributed by atoms with Gasteiger partial charge in [-0.2, -0.15) is 0 Å². The van der Waals surface area contributed by atoms with Crippen LogP contribution < -0.4 is 0 Å². The predicted molar refractivity (Wildman–Crippen MR) is 102 cm³/mol. The second-order valence-electron chi connectivity index (χ2n) is 6.54. The van der Waals surface area contributed by atoms with Gasteiger partial charge in [-0.1, -0.05) is 35.9 Å². The van der Waals surface area contributed by atoms with Crippen molar-refractivity contribution >= 4 is 23.5 Å². The van der Waals surface area contributed by atoms with E-state index < -0.39 is 42.2 Å². The third-order valence-electron chi connectivity index (χ3n) is 4.37. The molecule has 3 rings (SSSR count). The summed E-state index contributed by atoms with van der Waals surface area (Å²) in [6, 6.07) is 11.7. The Kier molecular flexibility index (Phi) is 6.84. The largest absolute Gasteiger partial charge is 0.479 e. The Bertz CT molecular complexity index is 854. The van der Waals surface area contributed by atoms with Crippen LogP contribution in [-0.2, 0) is 23.8 Å². The molecule has 0 bridgehead atoms. The lowest BCUT2D eigenvalue weighted by atomic mass is 10.1. The first-order valence-electron chi connectivity index (χ1n) is 9.10. The molecule has 1 aliphatic rings. The average Bonchev–Trinajstić information content (AvgIpc) is 3.43. The number of aliphatic carboxylic acids is 1. The Morgan fingerprint density at radius 1 is 1.07 bits per heavy atom. The zero-order valence-corrected chi connectivity index (χ0v) is 16.3. The SMILES string of the molecule is CCO[C@H](C(=O)OC1CC1O[C@H](C(=O)O)c1ccc(F)cc1)c1ccc(Cl)cc1. The smallest absolute Gasteiger partial charge is 0.340 e. The summed E-state index contributed by atoms with van der Waals surface area (Å²) in [7, 11) is 0. The molecule has 1 fully saturated rings. The molecule has 1 N–H and O–H groups in total. The van der Waals surface area contributed by atoms with Crippen molar-refractivity contribution in [3.63, 3.8) is 0 Å². The first kappa shape index (κ1) is 21.2. The number of hydrogen-bond acceptors (Lipinski definition) is 5. The average molecular weight is 423 g/mol. The molecule has 2 aromatic rings. The molecule has 154 valence electrons. The van der Waals surface area contributed by atoms with E-state index in [0.717, 1.165) is 12.1 Å². The number of ether oxygens (including phenoxy) is 3. The van der Waals surface area contributed by atoms with Gasteiger partial charge in [0.2, 0.25) is 0 Å². The summed E-state index contributed by atoms with van der Waals surface area (Å²) >= 11 is 5.88. The van der Waals surface area contributed by atoms with E-state index in [4.69, 9.17) is 25.8 Å². The van der Waals surface area contributed by atoms with Crippen LogP contribution in [-0.4, -0.2) is 35.9 Å². The standard InChI is InChI=1S/C21H20ClFO6/c1-2-27-19(13-3-7-14(22)8-4-13)21(26)29-17-11-16(17)28-18(20(24)25)12-5-9-15(23)10-6-12/h3-10,16-19H,2,11H2,1H3,(H,24,25)/t16?,17?,18-,19-/m0/s1. The fourth-order valence-corrected chi connectivity index (χ4v) is 2.95. The molecule has 29 heavy (non-hydrogen) atoms. The molecule has 0 heterocycles. The number of carboxylic acid groups (broad SMARTS) is 1. The minimum absolute atomic E-state index is 0.304. The fourth-order valence-electron chi connectivity index (χ4n) is 2.82. The van der Waals surface area contributed by atoms with Crippen LogP contribution in [0.2, 0.25) is 5.02 Å². The molecule has 0 spiro atoms. The van der Waals surface area contributed by atoms with Crippen molar-refractivity contribution in [2.75, 3.05) is 6.61 Å². The molecule has 0 amide bonds. The Balaban J connectivity index is 1.61. The Morgan fingerprint density at radius 2 is 1.66 bits per heavy atom. The van der Waals surface area contributed by atoms with Crippen LogP contribution in [0, 0.1) is 5.82 Å². The van der Waals surface area contributed by atoms with Gasteiger partial charge in [-0.05, 0) is 42.3 Å². The van der Waals surface area contributed by atoms with E-state index in [-0.39, 0.29) is 0 Å². The summed E-state index contributed by atoms with van der Waals surface area (Å²) in [5, 5.41) is 9.95. The molecule has 6 nitrogen and oxygen atoms in total. The van der Waals surface area contributed by atoms with E-state index >= 15 is 0 Å². The van der Waals surface area contributed by atoms with Crippen LogP contribution in [0.4, 0.5) is 4.39 Å². The molecule has 2 unspecified atom stereocenters. The zero-order chi connectivity index (χ0) is 21.0. The minimum atomic E-state index is -1.27. The van der Waals surface area contributed by atoms with Gasteiger partial charge in [-0.15, -0.1) is 0 Å². The number of hydrogen-bond donors (Lipinski definition) is 1. The van der Waals surface area contributed by atoms with E-state index in [9.17, 15) is 19.1 Å². The van der Waals surface area contributed by atoms with Crippen molar-refractivity contribution in [1.82, 2.24) is 0 Å². The number of halogens is 2. The number of rotatable bonds is 9. The summed E-state index contributed by atoms with van der Waals surface area (Å²) in [6.07, 6.45) is -2.94. The summed E-state index contributed by atoms with van der Waals surface area (Å²) in [4.78, 5) is 24.1. The fraction of sp³-hybridized carbons (Fsp3) is 0.333. The van der Waals surface area contributed by atoms with Crippen molar-refractivity contribution in [2.45, 2.75) is 37.8 Å². The highest BCUT2D eigenvalue weighted by Gasteiger charge is 2.46. The van der Waals surface area contributed by atoms with Gasteiger partial charge in [-0.3, -0.25) is 0 Å². The summed E-state index contributed by atoms with van der Waals surface area (Å²) in [5.41, 5.74) is 0.915. The first-order chi connectivity index (χ1) is 13.9. The highest BCUT2D eigenvalue weighted by Crippen LogP contribution is 2.36. The Labute approximate surface area is 172 Å². The van der Waals surface area contributed by atoms with Gasteiger partial charge in [0.25, 0.3) is 0 Å². The molecule has 0 saturated heterocycles. The Morgan fingerprint density at radius 3 is 2.24 bits per heavy atom. The van der Waals surface area contributed by atoms with Gasteiger partial charge in [-0.25, -0.2) is 14.0 Å². The second kappa shape index (κ2) is 9.35. The zero-order valence-electron chi connectivity index (χ0n) is 15.6. The van der Waals surface area contributed by atoms with E-state index in [1.807, 2.05) is 0 Å². The molecule has 1 saturated carbocycles. The van der Waals surface area contributed by atoms with Crippen molar-refractivity contribution in [2.24, 2.45) is 0 Å². The van der Waals surface area contributed by atoms with Crippen molar-refractivity contribution in [1.29, 1.82) is 0 Å². The third-order valence-corrected chi connectivity index (χ3v) is 4.62. The van der Waals surface area contributed by atoms with Gasteiger partial charge >= 0.3 is 11.9 Å². The van der Waals surface area contributed by atoms with Crippen LogP contribution in [0.1, 0.15) is 36.7 Å². The van der Waals surface area contributed by atoms with E-state index in [1.54, 1.807) is 31.2 Å². The number of esters is 1. The van der Waals surface area contributed by atoms with E-state index in [2.05, 4.69) is 0 Å². The quantitative estimate of drug-likeness (QED) is 0.613. The Hall–Kier alpha value is -2.48. The second-order valence-corrected chi connectivity index (χ2v) is 6.98. The van der Waals surface area contributed by atoms with Crippen LogP contribution in [0.3, 0.4) is 0 Å². The predicted octanol–water partition coefficient (Wildman–Crippen LogP) is 4.08. The van der Waals surface area contributed by atoms with E-state index in [1.165, 1.54) is 12.1 Å². The monoisotopic (exact) mass is 422 g/mol. The van der Waals surface area contributed by atoms with Gasteiger partial charge in [0.05, 0.1) is 6.10 Å². The van der Waals surface area contributed by atoms with Gasteiger partial charge < -0.3 is 19.3 Å². The van der Waals surface area contributed by atoms with Crippen LogP contribution in [0.15, 0.2) is 48.5 Å². The molecule has 2 aromatic carbocycles. The molecule has 8 heteroatoms. The summed E-state index contributed by atoms with van der Waals surface area (Å²) in [5.74, 6) is -2.26. The van der Waals surface area contributed by atoms with Gasteiger partial charge in [0.1, 0.15) is 11.9 Å². The molecular weight excluding hydrogens is 403 g/mol. The van der Waals surface area contributed by atoms with Gasteiger partial charge in [0.15, 0.2) is 12.2 Å². The van der Waals surface area contributed by atoms with E-state index in [0.29, 0.717) is 29.2 Å². The highest BCUT2D eigenvalue weighted by molar-refractivity contribution is 6.30. The molecule has 1 aliphatic carbocycles. The van der Waals surface area contributed by atoms with Crippen LogP contribution in [0.5, 0.6) is 0 Å². The maximum atomic E-state index is 13.1. The highest BCUT2D eigenvalue weighted by atomic mass is 35.5. The number of benzene rings is 2. The lowest BCUT2D eigenvalue weighted by Gasteiger charge is -2.17. The maximum absolute atomic E-state index is 13.1. The minimum Gasteiger partial charge on any atom is -0.479 e. The third kappa shape index (κ3) is 5.53. The summed E-state index contributed by atoms with van der Waals surface area (Å²) < 4.78 is 29.6. The molecule has 0 aliphatic heterocycles. The lowest BCUT2D eigenvalue weighted by Crippen LogP contribution is -2.23. The maximum Gasteiger partial charge on any atom is 0.340 e. The first-order valence-corrected chi connectivity index (χ1v) is 9.48. The van der Waals surface area contributed by atoms with Gasteiger partial charge in [0, 0.05) is 18.1 Å². The van der Waals surface area contributed by atoms with Crippen LogP contribution in [0.25, 0.3) is 0 Å². The normalized spacial score (nSPS) is 20.0. The summed E-state index contributed by atoms with van der Waals surface area (Å²) in [6.45, 7) is 2.07. The molecular formula is C21H20ClFO6. The molecule has 4 atom stereocenters. The number of carbonyl (C=O) groups is 2. The lowest BCUT2D eigenvalue weighted by molar-refractivity contribution is -0.162. The number of carbonyl (C=O) groups excluding carboxylic acids is 1. The molecule has 0 radical (unpaired) electrons. The van der Waals surface area contributed by atoms with Crippen molar-refractivity contribution < 1.29 is 33.3 Å². The molecule has 0 aromatic heterocycles. The van der Waals surface area contributed by atoms with Crippen molar-refractivity contribution in [3.8, 4) is 0 Å². The topological polar surface area (TPSA) is 82.1 Å². The van der Waals surface area contributed by atoms with Crippen molar-refractivity contribution in [3.05, 3.63) is 70.5 Å².